The molecule has 1 fully saturated rings. The minimum Gasteiger partial charge on any atom is -0.336 e. The van der Waals surface area contributed by atoms with Crippen LogP contribution in [0.2, 0.25) is 0 Å². The molecule has 0 aromatic rings. The van der Waals surface area contributed by atoms with Gasteiger partial charge in [-0.25, -0.2) is 4.79 Å². The van der Waals surface area contributed by atoms with Crippen LogP contribution >= 0.6 is 12.4 Å². The molecule has 2 N–H and O–H groups in total. The van der Waals surface area contributed by atoms with E-state index in [-0.39, 0.29) is 24.5 Å². The van der Waals surface area contributed by atoms with Gasteiger partial charge in [0.15, 0.2) is 0 Å². The molecule has 0 aliphatic carbocycles. The number of hydrogen-bond acceptors (Lipinski definition) is 2. The number of piperazine rings is 1. The fourth-order valence-electron chi connectivity index (χ4n) is 1.27. The molecule has 5 heteroatoms. The third-order valence-electron chi connectivity index (χ3n) is 2.39. The van der Waals surface area contributed by atoms with Crippen molar-refractivity contribution >= 4 is 18.4 Å². The number of nitrogens with zero attached hydrogens (tertiary/aromatic N) is 1. The maximum Gasteiger partial charge on any atom is 0.317 e. The molecule has 1 unspecified atom stereocenters. The normalized spacial score (nSPS) is 18.3. The maximum absolute atomic E-state index is 11.6. The Hall–Kier alpha value is -0.480. The van der Waals surface area contributed by atoms with Gasteiger partial charge in [-0.3, -0.25) is 0 Å². The van der Waals surface area contributed by atoms with Gasteiger partial charge >= 0.3 is 6.03 Å². The second kappa shape index (κ2) is 6.90. The summed E-state index contributed by atoms with van der Waals surface area (Å²) >= 11 is 0. The molecule has 0 aromatic carbocycles. The fraction of sp³-hybridized carbons (Fsp3) is 0.889. The molecule has 1 aliphatic rings. The zero-order valence-corrected chi connectivity index (χ0v) is 9.69. The van der Waals surface area contributed by atoms with Gasteiger partial charge in [0, 0.05) is 32.2 Å². The lowest BCUT2D eigenvalue weighted by Crippen LogP contribution is -2.51. The van der Waals surface area contributed by atoms with Crippen LogP contribution in [0.1, 0.15) is 20.3 Å². The second-order valence-corrected chi connectivity index (χ2v) is 3.50. The topological polar surface area (TPSA) is 44.4 Å². The van der Waals surface area contributed by atoms with Crippen molar-refractivity contribution < 1.29 is 4.79 Å². The van der Waals surface area contributed by atoms with Gasteiger partial charge in [-0.05, 0) is 13.3 Å². The lowest BCUT2D eigenvalue weighted by atomic mass is 10.3. The Bertz CT molecular complexity index is 171. The highest BCUT2D eigenvalue weighted by Gasteiger charge is 2.16. The average molecular weight is 222 g/mol. The SMILES string of the molecule is CCC(C)NC(=O)N1CCNCC1.Cl. The monoisotopic (exact) mass is 221 g/mol. The first-order chi connectivity index (χ1) is 6.24. The van der Waals surface area contributed by atoms with Crippen LogP contribution in [0.4, 0.5) is 4.79 Å². The molecular weight excluding hydrogens is 202 g/mol. The molecule has 0 saturated carbocycles. The third kappa shape index (κ3) is 4.15. The smallest absolute Gasteiger partial charge is 0.317 e. The van der Waals surface area contributed by atoms with Crippen LogP contribution in [0.5, 0.6) is 0 Å². The summed E-state index contributed by atoms with van der Waals surface area (Å²) in [5.74, 6) is 0. The van der Waals surface area contributed by atoms with Crippen LogP contribution in [-0.4, -0.2) is 43.2 Å². The van der Waals surface area contributed by atoms with Gasteiger partial charge in [-0.1, -0.05) is 6.92 Å². The summed E-state index contributed by atoms with van der Waals surface area (Å²) in [4.78, 5) is 13.4. The van der Waals surface area contributed by atoms with E-state index in [2.05, 4.69) is 17.6 Å². The van der Waals surface area contributed by atoms with E-state index in [9.17, 15) is 4.79 Å². The summed E-state index contributed by atoms with van der Waals surface area (Å²) in [5.41, 5.74) is 0. The van der Waals surface area contributed by atoms with Crippen molar-refractivity contribution in [2.24, 2.45) is 0 Å². The summed E-state index contributed by atoms with van der Waals surface area (Å²) in [5, 5.41) is 6.17. The molecule has 0 aromatic heterocycles. The van der Waals surface area contributed by atoms with E-state index in [1.165, 1.54) is 0 Å². The van der Waals surface area contributed by atoms with Gasteiger partial charge in [-0.2, -0.15) is 0 Å². The summed E-state index contributed by atoms with van der Waals surface area (Å²) in [6.07, 6.45) is 0.984. The molecule has 0 bridgehead atoms. The van der Waals surface area contributed by atoms with E-state index in [4.69, 9.17) is 0 Å². The predicted octanol–water partition coefficient (Wildman–Crippen LogP) is 0.821. The Labute approximate surface area is 91.8 Å². The van der Waals surface area contributed by atoms with Crippen LogP contribution in [0.15, 0.2) is 0 Å². The Balaban J connectivity index is 0.00000169. The molecule has 1 atom stereocenters. The zero-order chi connectivity index (χ0) is 9.68. The molecule has 0 spiro atoms. The van der Waals surface area contributed by atoms with Crippen molar-refractivity contribution in [3.8, 4) is 0 Å². The van der Waals surface area contributed by atoms with Crippen molar-refractivity contribution in [1.82, 2.24) is 15.5 Å². The van der Waals surface area contributed by atoms with Crippen molar-refractivity contribution in [3.63, 3.8) is 0 Å². The van der Waals surface area contributed by atoms with Gasteiger partial charge in [0.1, 0.15) is 0 Å². The quantitative estimate of drug-likeness (QED) is 0.726. The highest BCUT2D eigenvalue weighted by atomic mass is 35.5. The predicted molar refractivity (Wildman–Crippen MR) is 60.0 cm³/mol. The highest BCUT2D eigenvalue weighted by Crippen LogP contribution is 1.95. The van der Waals surface area contributed by atoms with E-state index < -0.39 is 0 Å². The second-order valence-electron chi connectivity index (χ2n) is 3.50. The van der Waals surface area contributed by atoms with Gasteiger partial charge in [-0.15, -0.1) is 12.4 Å². The lowest BCUT2D eigenvalue weighted by molar-refractivity contribution is 0.186. The summed E-state index contributed by atoms with van der Waals surface area (Å²) in [6.45, 7) is 7.56. The van der Waals surface area contributed by atoms with E-state index in [1.807, 2.05) is 11.8 Å². The highest BCUT2D eigenvalue weighted by molar-refractivity contribution is 5.85. The van der Waals surface area contributed by atoms with Crippen LogP contribution < -0.4 is 10.6 Å². The average Bonchev–Trinajstić information content (AvgIpc) is 2.19. The summed E-state index contributed by atoms with van der Waals surface area (Å²) < 4.78 is 0. The molecule has 1 heterocycles. The van der Waals surface area contributed by atoms with Gasteiger partial charge in [0.25, 0.3) is 0 Å². The molecule has 0 radical (unpaired) electrons. The molecule has 2 amide bonds. The fourth-order valence-corrected chi connectivity index (χ4v) is 1.27. The number of carbonyl (C=O) groups is 1. The molecule has 1 rings (SSSR count). The van der Waals surface area contributed by atoms with Crippen molar-refractivity contribution in [2.75, 3.05) is 26.2 Å². The third-order valence-corrected chi connectivity index (χ3v) is 2.39. The number of halogens is 1. The minimum atomic E-state index is 0. The van der Waals surface area contributed by atoms with Gasteiger partial charge in [0.05, 0.1) is 0 Å². The van der Waals surface area contributed by atoms with Gasteiger partial charge in [0.2, 0.25) is 0 Å². The molecule has 1 aliphatic heterocycles. The van der Waals surface area contributed by atoms with E-state index in [0.717, 1.165) is 32.6 Å². The number of hydrogen-bond donors (Lipinski definition) is 2. The number of carbonyl (C=O) groups excluding carboxylic acids is 1. The minimum absolute atomic E-state index is 0. The number of amides is 2. The van der Waals surface area contributed by atoms with E-state index in [0.29, 0.717) is 0 Å². The molecular formula is C9H20ClN3O. The number of urea groups is 1. The van der Waals surface area contributed by atoms with Crippen molar-refractivity contribution in [1.29, 1.82) is 0 Å². The van der Waals surface area contributed by atoms with Crippen LogP contribution in [0.3, 0.4) is 0 Å². The summed E-state index contributed by atoms with van der Waals surface area (Å²) in [7, 11) is 0. The Morgan fingerprint density at radius 3 is 2.57 bits per heavy atom. The lowest BCUT2D eigenvalue weighted by Gasteiger charge is -2.28. The number of nitrogens with one attached hydrogen (secondary N) is 2. The van der Waals surface area contributed by atoms with Crippen LogP contribution in [0, 0.1) is 0 Å². The Morgan fingerprint density at radius 2 is 2.07 bits per heavy atom. The molecule has 1 saturated heterocycles. The zero-order valence-electron chi connectivity index (χ0n) is 8.88. The largest absolute Gasteiger partial charge is 0.336 e. The van der Waals surface area contributed by atoms with E-state index >= 15 is 0 Å². The Kier molecular flexibility index (Phi) is 6.66. The maximum atomic E-state index is 11.6. The standard InChI is InChI=1S/C9H19N3O.ClH/c1-3-8(2)11-9(13)12-6-4-10-5-7-12;/h8,10H,3-7H2,1-2H3,(H,11,13);1H. The first-order valence-corrected chi connectivity index (χ1v) is 5.00. The summed E-state index contributed by atoms with van der Waals surface area (Å²) in [6, 6.07) is 0.359. The Morgan fingerprint density at radius 1 is 1.50 bits per heavy atom. The first-order valence-electron chi connectivity index (χ1n) is 5.00. The van der Waals surface area contributed by atoms with Crippen molar-refractivity contribution in [3.05, 3.63) is 0 Å². The van der Waals surface area contributed by atoms with E-state index in [1.54, 1.807) is 0 Å². The first kappa shape index (κ1) is 13.5. The number of rotatable bonds is 2. The molecule has 14 heavy (non-hydrogen) atoms. The van der Waals surface area contributed by atoms with Crippen LogP contribution in [0.25, 0.3) is 0 Å². The van der Waals surface area contributed by atoms with Gasteiger partial charge < -0.3 is 15.5 Å². The molecule has 4 nitrogen and oxygen atoms in total. The van der Waals surface area contributed by atoms with Crippen LogP contribution in [-0.2, 0) is 0 Å². The molecule has 84 valence electrons. The van der Waals surface area contributed by atoms with Crippen molar-refractivity contribution in [2.45, 2.75) is 26.3 Å².